The summed E-state index contributed by atoms with van der Waals surface area (Å²) in [5.41, 5.74) is 5.89. The molecule has 0 aliphatic heterocycles. The Morgan fingerprint density at radius 3 is 2.32 bits per heavy atom. The van der Waals surface area contributed by atoms with Gasteiger partial charge in [-0.05, 0) is 50.3 Å². The summed E-state index contributed by atoms with van der Waals surface area (Å²) >= 11 is 0. The van der Waals surface area contributed by atoms with E-state index in [0.29, 0.717) is 0 Å². The van der Waals surface area contributed by atoms with Crippen molar-refractivity contribution in [2.45, 2.75) is 39.5 Å². The maximum atomic E-state index is 5.76. The highest BCUT2D eigenvalue weighted by Crippen LogP contribution is 2.27. The van der Waals surface area contributed by atoms with Crippen molar-refractivity contribution in [3.05, 3.63) is 83.5 Å². The molecule has 0 amide bonds. The minimum absolute atomic E-state index is 0.0760. The molecule has 0 fully saturated rings. The Hall–Kier alpha value is -2.26. The van der Waals surface area contributed by atoms with Gasteiger partial charge in [0.2, 0.25) is 0 Å². The maximum absolute atomic E-state index is 5.76. The number of terminal acetylenes is 1. The van der Waals surface area contributed by atoms with Crippen LogP contribution in [0.3, 0.4) is 0 Å². The summed E-state index contributed by atoms with van der Waals surface area (Å²) in [7, 11) is 0. The molecule has 0 N–H and O–H groups in total. The van der Waals surface area contributed by atoms with Crippen LogP contribution in [0.5, 0.6) is 0 Å². The third-order valence-corrected chi connectivity index (χ3v) is 3.55. The van der Waals surface area contributed by atoms with E-state index in [9.17, 15) is 0 Å². The molecule has 0 heterocycles. The molecular formula is C22H26. The SMILES string of the molecule is C#CC(C/C(=C/C=C\C)C(=C)C)c1ccc(CC(=C)C)cc1. The fraction of sp³-hybridized carbons (Fsp3) is 0.273. The maximum Gasteiger partial charge on any atom is 0.0490 e. The van der Waals surface area contributed by atoms with Gasteiger partial charge in [0, 0.05) is 5.92 Å². The Morgan fingerprint density at radius 2 is 1.86 bits per heavy atom. The summed E-state index contributed by atoms with van der Waals surface area (Å²) in [6.07, 6.45) is 13.6. The van der Waals surface area contributed by atoms with Gasteiger partial charge >= 0.3 is 0 Å². The van der Waals surface area contributed by atoms with Crippen molar-refractivity contribution < 1.29 is 0 Å². The largest absolute Gasteiger partial charge is 0.119 e. The second kappa shape index (κ2) is 8.90. The van der Waals surface area contributed by atoms with Crippen molar-refractivity contribution in [3.8, 4) is 12.3 Å². The summed E-state index contributed by atoms with van der Waals surface area (Å²) in [6, 6.07) is 8.55. The first-order valence-corrected chi connectivity index (χ1v) is 7.65. The molecule has 0 saturated heterocycles. The van der Waals surface area contributed by atoms with Gasteiger partial charge in [-0.2, -0.15) is 0 Å². The molecule has 0 aliphatic rings. The van der Waals surface area contributed by atoms with E-state index < -0.39 is 0 Å². The van der Waals surface area contributed by atoms with Gasteiger partial charge in [-0.3, -0.25) is 0 Å². The highest BCUT2D eigenvalue weighted by Gasteiger charge is 2.11. The van der Waals surface area contributed by atoms with Gasteiger partial charge in [0.15, 0.2) is 0 Å². The zero-order chi connectivity index (χ0) is 16.5. The summed E-state index contributed by atoms with van der Waals surface area (Å²) < 4.78 is 0. The summed E-state index contributed by atoms with van der Waals surface area (Å²) in [4.78, 5) is 0. The Kier molecular flexibility index (Phi) is 7.20. The van der Waals surface area contributed by atoms with E-state index >= 15 is 0 Å². The second-order valence-corrected chi connectivity index (χ2v) is 5.80. The quantitative estimate of drug-likeness (QED) is 0.328. The van der Waals surface area contributed by atoms with Gasteiger partial charge in [0.25, 0.3) is 0 Å². The van der Waals surface area contributed by atoms with E-state index in [-0.39, 0.29) is 5.92 Å². The molecule has 0 nitrogen and oxygen atoms in total. The topological polar surface area (TPSA) is 0 Å². The van der Waals surface area contributed by atoms with E-state index in [1.165, 1.54) is 22.3 Å². The molecule has 1 unspecified atom stereocenters. The van der Waals surface area contributed by atoms with Crippen molar-refractivity contribution in [1.29, 1.82) is 0 Å². The third-order valence-electron chi connectivity index (χ3n) is 3.55. The monoisotopic (exact) mass is 290 g/mol. The molecule has 22 heavy (non-hydrogen) atoms. The second-order valence-electron chi connectivity index (χ2n) is 5.80. The Bertz CT molecular complexity index is 615. The average molecular weight is 290 g/mol. The van der Waals surface area contributed by atoms with Crippen LogP contribution in [0, 0.1) is 12.3 Å². The minimum Gasteiger partial charge on any atom is -0.119 e. The van der Waals surface area contributed by atoms with Crippen molar-refractivity contribution in [2.24, 2.45) is 0 Å². The van der Waals surface area contributed by atoms with Crippen LogP contribution in [0.1, 0.15) is 44.2 Å². The van der Waals surface area contributed by atoms with Crippen LogP contribution in [-0.2, 0) is 6.42 Å². The van der Waals surface area contributed by atoms with Crippen molar-refractivity contribution in [3.63, 3.8) is 0 Å². The van der Waals surface area contributed by atoms with Crippen LogP contribution >= 0.6 is 0 Å². The summed E-state index contributed by atoms with van der Waals surface area (Å²) in [6.45, 7) is 14.1. The smallest absolute Gasteiger partial charge is 0.0490 e. The van der Waals surface area contributed by atoms with Crippen LogP contribution in [0.15, 0.2) is 72.4 Å². The van der Waals surface area contributed by atoms with Gasteiger partial charge in [-0.15, -0.1) is 6.42 Å². The molecule has 0 heteroatoms. The van der Waals surface area contributed by atoms with E-state index in [2.05, 4.69) is 49.4 Å². The van der Waals surface area contributed by atoms with Gasteiger partial charge in [-0.25, -0.2) is 0 Å². The number of hydrogen-bond acceptors (Lipinski definition) is 0. The van der Waals surface area contributed by atoms with Crippen LogP contribution < -0.4 is 0 Å². The lowest BCUT2D eigenvalue weighted by atomic mass is 9.89. The van der Waals surface area contributed by atoms with Crippen molar-refractivity contribution in [2.75, 3.05) is 0 Å². The lowest BCUT2D eigenvalue weighted by Gasteiger charge is -2.15. The molecule has 0 radical (unpaired) electrons. The molecule has 0 aromatic heterocycles. The lowest BCUT2D eigenvalue weighted by molar-refractivity contribution is 0.855. The number of benzene rings is 1. The molecule has 114 valence electrons. The summed E-state index contributed by atoms with van der Waals surface area (Å²) in [5.74, 6) is 2.99. The highest BCUT2D eigenvalue weighted by molar-refractivity contribution is 5.37. The first-order chi connectivity index (χ1) is 10.5. The standard InChI is InChI=1S/C22H26/c1-7-9-10-22(18(5)6)16-20(8-2)21-13-11-19(12-14-21)15-17(3)4/h2,7,9-14,20H,3,5,15-16H2,1,4,6H3/b9-7-,22-10-. The van der Waals surface area contributed by atoms with Gasteiger partial charge in [0.05, 0.1) is 0 Å². The van der Waals surface area contributed by atoms with Crippen LogP contribution in [0.4, 0.5) is 0 Å². The molecular weight excluding hydrogens is 264 g/mol. The van der Waals surface area contributed by atoms with Crippen LogP contribution in [0.2, 0.25) is 0 Å². The fourth-order valence-corrected chi connectivity index (χ4v) is 2.31. The Balaban J connectivity index is 2.94. The zero-order valence-electron chi connectivity index (χ0n) is 14.0. The van der Waals surface area contributed by atoms with E-state index in [0.717, 1.165) is 18.4 Å². The van der Waals surface area contributed by atoms with E-state index in [1.807, 2.05) is 32.9 Å². The number of rotatable bonds is 7. The fourth-order valence-electron chi connectivity index (χ4n) is 2.31. The molecule has 0 saturated carbocycles. The molecule has 1 rings (SSSR count). The molecule has 0 bridgehead atoms. The normalized spacial score (nSPS) is 12.9. The van der Waals surface area contributed by atoms with Crippen molar-refractivity contribution in [1.82, 2.24) is 0 Å². The van der Waals surface area contributed by atoms with Crippen LogP contribution in [0.25, 0.3) is 0 Å². The van der Waals surface area contributed by atoms with Gasteiger partial charge < -0.3 is 0 Å². The van der Waals surface area contributed by atoms with Gasteiger partial charge in [-0.1, -0.05) is 72.7 Å². The first-order valence-electron chi connectivity index (χ1n) is 7.65. The molecule has 0 aliphatic carbocycles. The Labute approximate surface area is 136 Å². The number of allylic oxidation sites excluding steroid dienone is 6. The molecule has 1 atom stereocenters. The summed E-state index contributed by atoms with van der Waals surface area (Å²) in [5, 5.41) is 0. The first kappa shape index (κ1) is 17.8. The zero-order valence-corrected chi connectivity index (χ0v) is 14.0. The lowest BCUT2D eigenvalue weighted by Crippen LogP contribution is -1.99. The van der Waals surface area contributed by atoms with E-state index in [4.69, 9.17) is 6.42 Å². The highest BCUT2D eigenvalue weighted by atomic mass is 14.1. The molecule has 0 spiro atoms. The minimum atomic E-state index is 0.0760. The Morgan fingerprint density at radius 1 is 1.23 bits per heavy atom. The third kappa shape index (κ3) is 5.62. The number of hydrogen-bond donors (Lipinski definition) is 0. The van der Waals surface area contributed by atoms with Gasteiger partial charge in [0.1, 0.15) is 0 Å². The average Bonchev–Trinajstić information content (AvgIpc) is 2.48. The predicted molar refractivity (Wildman–Crippen MR) is 98.9 cm³/mol. The van der Waals surface area contributed by atoms with Crippen LogP contribution in [-0.4, -0.2) is 0 Å². The molecule has 1 aromatic carbocycles. The van der Waals surface area contributed by atoms with E-state index in [1.54, 1.807) is 0 Å². The predicted octanol–water partition coefficient (Wildman–Crippen LogP) is 5.99. The molecule has 1 aromatic rings. The van der Waals surface area contributed by atoms with Crippen molar-refractivity contribution >= 4 is 0 Å².